The van der Waals surface area contributed by atoms with Crippen molar-refractivity contribution in [3.05, 3.63) is 22.7 Å². The quantitative estimate of drug-likeness (QED) is 0.675. The van der Waals surface area contributed by atoms with E-state index in [0.717, 1.165) is 4.48 Å². The summed E-state index contributed by atoms with van der Waals surface area (Å²) in [6.45, 7) is 0. The molecule has 0 saturated heterocycles. The molecule has 4 nitrogen and oxygen atoms in total. The fourth-order valence-electron chi connectivity index (χ4n) is 1.81. The molecule has 1 aliphatic carbocycles. The predicted octanol–water partition coefficient (Wildman–Crippen LogP) is 1.29. The summed E-state index contributed by atoms with van der Waals surface area (Å²) in [5.74, 6) is -0.353. The molecular weight excluding hydrogens is 260 g/mol. The Bertz CT molecular complexity index is 387. The van der Waals surface area contributed by atoms with E-state index in [9.17, 15) is 4.79 Å². The number of hydrazone groups is 1. The molecule has 0 aromatic heterocycles. The van der Waals surface area contributed by atoms with Gasteiger partial charge in [-0.25, -0.2) is 4.79 Å². The molecule has 2 aliphatic rings. The van der Waals surface area contributed by atoms with Gasteiger partial charge in [0.15, 0.2) is 5.71 Å². The molecular formula is C10H11BrN2O2. The van der Waals surface area contributed by atoms with Crippen molar-refractivity contribution in [3.8, 4) is 0 Å². The monoisotopic (exact) mass is 270 g/mol. The summed E-state index contributed by atoms with van der Waals surface area (Å²) >= 11 is 3.41. The smallest absolute Gasteiger partial charge is 0.354 e. The van der Waals surface area contributed by atoms with E-state index < -0.39 is 0 Å². The van der Waals surface area contributed by atoms with Crippen LogP contribution in [0.25, 0.3) is 0 Å². The number of allylic oxidation sites excluding steroid dienone is 2. The van der Waals surface area contributed by atoms with Crippen LogP contribution in [0.2, 0.25) is 0 Å². The Morgan fingerprint density at radius 3 is 3.07 bits per heavy atom. The molecule has 0 N–H and O–H groups in total. The molecule has 0 spiro atoms. The number of rotatable bonds is 1. The topological polar surface area (TPSA) is 41.9 Å². The van der Waals surface area contributed by atoms with Gasteiger partial charge in [0.2, 0.25) is 0 Å². The number of methoxy groups -OCH3 is 1. The van der Waals surface area contributed by atoms with Crippen molar-refractivity contribution in [2.75, 3.05) is 14.2 Å². The lowest BCUT2D eigenvalue weighted by molar-refractivity contribution is -0.132. The average molecular weight is 271 g/mol. The number of nitrogens with zero attached hydrogens (tertiary/aromatic N) is 2. The molecule has 0 amide bonds. The highest BCUT2D eigenvalue weighted by molar-refractivity contribution is 9.11. The molecule has 5 heteroatoms. The molecule has 2 unspecified atom stereocenters. The van der Waals surface area contributed by atoms with Gasteiger partial charge in [-0.1, -0.05) is 28.1 Å². The molecule has 2 atom stereocenters. The maximum atomic E-state index is 11.5. The zero-order chi connectivity index (χ0) is 11.0. The van der Waals surface area contributed by atoms with E-state index in [2.05, 4.69) is 21.0 Å². The fourth-order valence-corrected chi connectivity index (χ4v) is 2.23. The summed E-state index contributed by atoms with van der Waals surface area (Å²) in [5.41, 5.74) is 0.470. The second-order valence-electron chi connectivity index (χ2n) is 3.48. The Balaban J connectivity index is 2.29. The van der Waals surface area contributed by atoms with Crippen molar-refractivity contribution >= 4 is 27.6 Å². The van der Waals surface area contributed by atoms with E-state index in [-0.39, 0.29) is 17.9 Å². The minimum Gasteiger partial charge on any atom is -0.464 e. The van der Waals surface area contributed by atoms with Crippen LogP contribution in [0.1, 0.15) is 0 Å². The van der Waals surface area contributed by atoms with Gasteiger partial charge in [-0.15, -0.1) is 0 Å². The van der Waals surface area contributed by atoms with Crippen LogP contribution in [0.5, 0.6) is 0 Å². The Morgan fingerprint density at radius 2 is 2.40 bits per heavy atom. The molecule has 0 radical (unpaired) electrons. The number of carbonyl (C=O) groups is 1. The first-order valence-electron chi connectivity index (χ1n) is 4.58. The van der Waals surface area contributed by atoms with E-state index in [0.29, 0.717) is 5.71 Å². The van der Waals surface area contributed by atoms with E-state index in [4.69, 9.17) is 4.74 Å². The molecule has 80 valence electrons. The first kappa shape index (κ1) is 10.4. The summed E-state index contributed by atoms with van der Waals surface area (Å²) < 4.78 is 5.71. The number of hydrogen-bond donors (Lipinski definition) is 0. The number of hydrogen-bond acceptors (Lipinski definition) is 4. The summed E-state index contributed by atoms with van der Waals surface area (Å²) in [6.07, 6.45) is 5.93. The molecule has 15 heavy (non-hydrogen) atoms. The van der Waals surface area contributed by atoms with E-state index in [1.54, 1.807) is 5.01 Å². The van der Waals surface area contributed by atoms with Crippen molar-refractivity contribution in [2.24, 2.45) is 11.0 Å². The van der Waals surface area contributed by atoms with E-state index >= 15 is 0 Å². The van der Waals surface area contributed by atoms with Crippen molar-refractivity contribution in [1.82, 2.24) is 5.01 Å². The van der Waals surface area contributed by atoms with Crippen molar-refractivity contribution in [3.63, 3.8) is 0 Å². The number of ether oxygens (including phenoxy) is 1. The summed E-state index contributed by atoms with van der Waals surface area (Å²) in [6, 6.07) is 0.110. The SMILES string of the molecule is COC(=O)C1=NN(C)C2C=C(Br)C=CC12. The van der Waals surface area contributed by atoms with Crippen LogP contribution in [0, 0.1) is 5.92 Å². The lowest BCUT2D eigenvalue weighted by Gasteiger charge is -2.22. The number of likely N-dealkylation sites (N-methyl/N-ethyl adjacent to an activating group) is 1. The van der Waals surface area contributed by atoms with Crippen LogP contribution >= 0.6 is 15.9 Å². The van der Waals surface area contributed by atoms with Crippen molar-refractivity contribution < 1.29 is 9.53 Å². The number of esters is 1. The van der Waals surface area contributed by atoms with Gasteiger partial charge in [0.25, 0.3) is 0 Å². The molecule has 0 bridgehead atoms. The second-order valence-corrected chi connectivity index (χ2v) is 4.39. The number of fused-ring (bicyclic) bond motifs is 1. The Hall–Kier alpha value is -1.10. The molecule has 1 heterocycles. The summed E-state index contributed by atoms with van der Waals surface area (Å²) in [4.78, 5) is 11.5. The molecule has 0 fully saturated rings. The van der Waals surface area contributed by atoms with E-state index in [1.165, 1.54) is 7.11 Å². The summed E-state index contributed by atoms with van der Waals surface area (Å²) in [7, 11) is 3.22. The lowest BCUT2D eigenvalue weighted by atomic mass is 9.92. The minimum atomic E-state index is -0.356. The van der Waals surface area contributed by atoms with Gasteiger partial charge in [0, 0.05) is 11.5 Å². The standard InChI is InChI=1S/C10H11BrN2O2/c1-13-8-5-6(11)3-4-7(8)9(12-13)10(14)15-2/h3-5,7-8H,1-2H3. The zero-order valence-electron chi connectivity index (χ0n) is 8.48. The maximum absolute atomic E-state index is 11.5. The fraction of sp³-hybridized carbons (Fsp3) is 0.400. The normalized spacial score (nSPS) is 28.3. The van der Waals surface area contributed by atoms with Crippen LogP contribution < -0.4 is 0 Å². The third-order valence-electron chi connectivity index (χ3n) is 2.57. The highest BCUT2D eigenvalue weighted by Crippen LogP contribution is 2.30. The highest BCUT2D eigenvalue weighted by Gasteiger charge is 2.38. The maximum Gasteiger partial charge on any atom is 0.354 e. The largest absolute Gasteiger partial charge is 0.464 e. The third-order valence-corrected chi connectivity index (χ3v) is 3.10. The molecule has 0 saturated carbocycles. The minimum absolute atomic E-state index is 0.00347. The molecule has 0 aromatic carbocycles. The van der Waals surface area contributed by atoms with Gasteiger partial charge >= 0.3 is 5.97 Å². The average Bonchev–Trinajstić information content (AvgIpc) is 2.55. The first-order valence-corrected chi connectivity index (χ1v) is 5.38. The Kier molecular flexibility index (Phi) is 2.65. The summed E-state index contributed by atoms with van der Waals surface area (Å²) in [5, 5.41) is 5.98. The molecule has 0 aromatic rings. The van der Waals surface area contributed by atoms with Crippen molar-refractivity contribution in [1.29, 1.82) is 0 Å². The number of carbonyl (C=O) groups excluding carboxylic acids is 1. The Morgan fingerprint density at radius 1 is 1.67 bits per heavy atom. The lowest BCUT2D eigenvalue weighted by Crippen LogP contribution is -2.32. The highest BCUT2D eigenvalue weighted by atomic mass is 79.9. The van der Waals surface area contributed by atoms with Crippen molar-refractivity contribution in [2.45, 2.75) is 6.04 Å². The van der Waals surface area contributed by atoms with Gasteiger partial charge in [-0.05, 0) is 6.08 Å². The van der Waals surface area contributed by atoms with Crippen LogP contribution in [-0.4, -0.2) is 36.9 Å². The van der Waals surface area contributed by atoms with Gasteiger partial charge in [0.1, 0.15) is 0 Å². The van der Waals surface area contributed by atoms with Gasteiger partial charge in [-0.2, -0.15) is 5.10 Å². The van der Waals surface area contributed by atoms with Gasteiger partial charge in [-0.3, -0.25) is 5.01 Å². The first-order chi connectivity index (χ1) is 7.13. The van der Waals surface area contributed by atoms with Crippen LogP contribution in [0.15, 0.2) is 27.8 Å². The van der Waals surface area contributed by atoms with Gasteiger partial charge in [0.05, 0.1) is 19.1 Å². The van der Waals surface area contributed by atoms with Gasteiger partial charge < -0.3 is 4.74 Å². The van der Waals surface area contributed by atoms with E-state index in [1.807, 2.05) is 25.3 Å². The third kappa shape index (κ3) is 1.71. The number of halogens is 1. The molecule has 1 aliphatic heterocycles. The Labute approximate surface area is 96.4 Å². The zero-order valence-corrected chi connectivity index (χ0v) is 10.1. The van der Waals surface area contributed by atoms with Crippen LogP contribution in [0.4, 0.5) is 0 Å². The predicted molar refractivity (Wildman–Crippen MR) is 60.6 cm³/mol. The second kappa shape index (κ2) is 3.81. The van der Waals surface area contributed by atoms with Crippen LogP contribution in [0.3, 0.4) is 0 Å². The van der Waals surface area contributed by atoms with Crippen LogP contribution in [-0.2, 0) is 9.53 Å². The molecule has 2 rings (SSSR count).